The van der Waals surface area contributed by atoms with Crippen LogP contribution in [0.5, 0.6) is 0 Å². The number of amides is 2. The SMILES string of the molecule is Cc1cc2c(cc1C(=O)O)NC(=O)/C2=C(\Nc1ccc(C(=O)NCCN2CCC(F)(F)CC2)cc1)c1ccccc1. The second-order valence-electron chi connectivity index (χ2n) is 10.2. The average molecular weight is 561 g/mol. The van der Waals surface area contributed by atoms with Gasteiger partial charge in [0, 0.05) is 55.8 Å². The lowest BCUT2D eigenvalue weighted by molar-refractivity contribution is -0.110. The summed E-state index contributed by atoms with van der Waals surface area (Å²) in [4.78, 5) is 39.4. The molecule has 212 valence electrons. The second-order valence-corrected chi connectivity index (χ2v) is 10.2. The first kappa shape index (κ1) is 28.0. The van der Waals surface area contributed by atoms with E-state index in [0.717, 1.165) is 5.56 Å². The molecular weight excluding hydrogens is 530 g/mol. The highest BCUT2D eigenvalue weighted by Gasteiger charge is 2.34. The summed E-state index contributed by atoms with van der Waals surface area (Å²) in [7, 11) is 0. The summed E-state index contributed by atoms with van der Waals surface area (Å²) in [5, 5.41) is 18.5. The van der Waals surface area contributed by atoms with Gasteiger partial charge in [0.25, 0.3) is 17.7 Å². The molecular formula is C31H30F2N4O4. The molecule has 0 spiro atoms. The number of nitrogens with zero attached hydrogens (tertiary/aromatic N) is 1. The number of aromatic carboxylic acids is 1. The van der Waals surface area contributed by atoms with Crippen LogP contribution < -0.4 is 16.0 Å². The minimum Gasteiger partial charge on any atom is -0.478 e. The molecule has 8 nitrogen and oxygen atoms in total. The molecule has 2 heterocycles. The Kier molecular flexibility index (Phi) is 7.85. The molecule has 0 aromatic heterocycles. The van der Waals surface area contributed by atoms with Gasteiger partial charge in [0.05, 0.1) is 22.5 Å². The van der Waals surface area contributed by atoms with Gasteiger partial charge in [0.15, 0.2) is 0 Å². The lowest BCUT2D eigenvalue weighted by Crippen LogP contribution is -2.43. The number of alkyl halides is 2. The third-order valence-electron chi connectivity index (χ3n) is 7.37. The zero-order valence-corrected chi connectivity index (χ0v) is 22.5. The third kappa shape index (κ3) is 6.28. The number of carboxylic acid groups (broad SMARTS) is 1. The zero-order valence-electron chi connectivity index (χ0n) is 22.5. The van der Waals surface area contributed by atoms with E-state index in [1.54, 1.807) is 37.3 Å². The highest BCUT2D eigenvalue weighted by Crippen LogP contribution is 2.39. The maximum absolute atomic E-state index is 13.3. The summed E-state index contributed by atoms with van der Waals surface area (Å²) in [6, 6.07) is 19.3. The Hall–Kier alpha value is -4.57. The van der Waals surface area contributed by atoms with Crippen LogP contribution in [0.25, 0.3) is 11.3 Å². The Balaban J connectivity index is 1.34. The van der Waals surface area contributed by atoms with Crippen molar-refractivity contribution in [2.75, 3.05) is 36.8 Å². The van der Waals surface area contributed by atoms with E-state index in [9.17, 15) is 28.3 Å². The monoisotopic (exact) mass is 560 g/mol. The van der Waals surface area contributed by atoms with E-state index >= 15 is 0 Å². The number of likely N-dealkylation sites (tertiary alicyclic amines) is 1. The van der Waals surface area contributed by atoms with Gasteiger partial charge in [0.1, 0.15) is 0 Å². The number of hydrogen-bond acceptors (Lipinski definition) is 5. The lowest BCUT2D eigenvalue weighted by Gasteiger charge is -2.31. The largest absolute Gasteiger partial charge is 0.478 e. The van der Waals surface area contributed by atoms with E-state index in [4.69, 9.17) is 0 Å². The maximum Gasteiger partial charge on any atom is 0.336 e. The van der Waals surface area contributed by atoms with Gasteiger partial charge in [-0.15, -0.1) is 0 Å². The minimum atomic E-state index is -2.60. The molecule has 1 saturated heterocycles. The van der Waals surface area contributed by atoms with Gasteiger partial charge in [0.2, 0.25) is 0 Å². The standard InChI is InChI=1S/C31H30F2N4O4/c1-19-17-24-25(18-23(19)30(40)41)36-29(39)26(24)27(20-5-3-2-4-6-20)35-22-9-7-21(8-10-22)28(38)34-13-16-37-14-11-31(32,33)12-15-37/h2-10,17-18,35H,11-16H2,1H3,(H,34,38)(H,36,39)(H,40,41)/b27-26-. The molecule has 3 aromatic rings. The molecule has 1 fully saturated rings. The van der Waals surface area contributed by atoms with Gasteiger partial charge in [-0.25, -0.2) is 13.6 Å². The maximum atomic E-state index is 13.3. The van der Waals surface area contributed by atoms with Gasteiger partial charge in [-0.1, -0.05) is 30.3 Å². The van der Waals surface area contributed by atoms with Crippen molar-refractivity contribution in [3.8, 4) is 0 Å². The first-order chi connectivity index (χ1) is 19.6. The first-order valence-corrected chi connectivity index (χ1v) is 13.4. The van der Waals surface area contributed by atoms with Crippen LogP contribution in [-0.2, 0) is 4.79 Å². The molecule has 41 heavy (non-hydrogen) atoms. The summed E-state index contributed by atoms with van der Waals surface area (Å²) in [6.45, 7) is 3.17. The van der Waals surface area contributed by atoms with Crippen LogP contribution in [0.15, 0.2) is 66.7 Å². The van der Waals surface area contributed by atoms with Crippen LogP contribution in [0.4, 0.5) is 20.2 Å². The Bertz CT molecular complexity index is 1510. The lowest BCUT2D eigenvalue weighted by atomic mass is 9.96. The van der Waals surface area contributed by atoms with Crippen molar-refractivity contribution in [1.82, 2.24) is 10.2 Å². The Labute approximate surface area is 236 Å². The van der Waals surface area contributed by atoms with Crippen molar-refractivity contribution >= 4 is 40.4 Å². The summed E-state index contributed by atoms with van der Waals surface area (Å²) in [6.07, 6.45) is -0.320. The fourth-order valence-corrected chi connectivity index (χ4v) is 5.07. The number of benzene rings is 3. The van der Waals surface area contributed by atoms with Gasteiger partial charge >= 0.3 is 5.97 Å². The molecule has 0 radical (unpaired) electrons. The van der Waals surface area contributed by atoms with Gasteiger partial charge in [-0.3, -0.25) is 9.59 Å². The van der Waals surface area contributed by atoms with E-state index in [-0.39, 0.29) is 30.2 Å². The Morgan fingerprint density at radius 2 is 1.68 bits per heavy atom. The van der Waals surface area contributed by atoms with Crippen LogP contribution in [0.1, 0.15) is 50.2 Å². The molecule has 2 aliphatic heterocycles. The van der Waals surface area contributed by atoms with Gasteiger partial charge in [-0.05, 0) is 54.4 Å². The van der Waals surface area contributed by atoms with Crippen LogP contribution in [0.3, 0.4) is 0 Å². The molecule has 0 atom stereocenters. The molecule has 5 rings (SSSR count). The van der Waals surface area contributed by atoms with E-state index in [1.165, 1.54) is 6.07 Å². The molecule has 0 saturated carbocycles. The zero-order chi connectivity index (χ0) is 29.1. The molecule has 2 amide bonds. The topological polar surface area (TPSA) is 111 Å². The number of piperidine rings is 1. The van der Waals surface area contributed by atoms with Gasteiger partial charge in [-0.2, -0.15) is 0 Å². The van der Waals surface area contributed by atoms with E-state index in [2.05, 4.69) is 16.0 Å². The van der Waals surface area contributed by atoms with Gasteiger partial charge < -0.3 is 26.0 Å². The molecule has 0 unspecified atom stereocenters. The van der Waals surface area contributed by atoms with Crippen molar-refractivity contribution in [3.63, 3.8) is 0 Å². The fourth-order valence-electron chi connectivity index (χ4n) is 5.07. The molecule has 4 N–H and O–H groups in total. The van der Waals surface area contributed by atoms with Crippen molar-refractivity contribution in [2.24, 2.45) is 0 Å². The average Bonchev–Trinajstić information content (AvgIpc) is 3.27. The number of anilines is 2. The number of fused-ring (bicyclic) bond motifs is 1. The third-order valence-corrected chi connectivity index (χ3v) is 7.37. The number of halogens is 2. The van der Waals surface area contributed by atoms with Crippen molar-refractivity contribution in [2.45, 2.75) is 25.7 Å². The van der Waals surface area contributed by atoms with Crippen LogP contribution >= 0.6 is 0 Å². The number of nitrogens with one attached hydrogen (secondary N) is 3. The number of carbonyl (C=O) groups excluding carboxylic acids is 2. The Morgan fingerprint density at radius 1 is 1.00 bits per heavy atom. The molecule has 0 bridgehead atoms. The summed E-state index contributed by atoms with van der Waals surface area (Å²) in [5.41, 5.74) is 4.42. The molecule has 3 aromatic carbocycles. The van der Waals surface area contributed by atoms with E-state index < -0.39 is 11.9 Å². The first-order valence-electron chi connectivity index (χ1n) is 13.4. The normalized spacial score (nSPS) is 17.4. The summed E-state index contributed by atoms with van der Waals surface area (Å²) < 4.78 is 26.7. The fraction of sp³-hybridized carbons (Fsp3) is 0.258. The van der Waals surface area contributed by atoms with Crippen molar-refractivity contribution < 1.29 is 28.3 Å². The predicted molar refractivity (Wildman–Crippen MR) is 153 cm³/mol. The molecule has 10 heteroatoms. The second kappa shape index (κ2) is 11.5. The highest BCUT2D eigenvalue weighted by atomic mass is 19.3. The number of carboxylic acids is 1. The van der Waals surface area contributed by atoms with Crippen molar-refractivity contribution in [1.29, 1.82) is 0 Å². The number of carbonyl (C=O) groups is 3. The van der Waals surface area contributed by atoms with Crippen LogP contribution in [-0.4, -0.2) is 59.9 Å². The predicted octanol–water partition coefficient (Wildman–Crippen LogP) is 5.09. The summed E-state index contributed by atoms with van der Waals surface area (Å²) >= 11 is 0. The molecule has 0 aliphatic carbocycles. The van der Waals surface area contributed by atoms with E-state index in [1.807, 2.05) is 35.2 Å². The molecule has 2 aliphatic rings. The highest BCUT2D eigenvalue weighted by molar-refractivity contribution is 6.37. The van der Waals surface area contributed by atoms with Crippen LogP contribution in [0.2, 0.25) is 0 Å². The smallest absolute Gasteiger partial charge is 0.336 e. The minimum absolute atomic E-state index is 0.117. The van der Waals surface area contributed by atoms with Crippen LogP contribution in [0, 0.1) is 6.92 Å². The summed E-state index contributed by atoms with van der Waals surface area (Å²) in [5.74, 6) is -4.30. The Morgan fingerprint density at radius 3 is 2.34 bits per heavy atom. The van der Waals surface area contributed by atoms with E-state index in [0.29, 0.717) is 65.5 Å². The van der Waals surface area contributed by atoms with Crippen molar-refractivity contribution in [3.05, 3.63) is 94.5 Å². The number of hydrogen-bond donors (Lipinski definition) is 4. The number of aryl methyl sites for hydroxylation is 1. The number of rotatable bonds is 8. The quantitative estimate of drug-likeness (QED) is 0.286.